The van der Waals surface area contributed by atoms with E-state index in [9.17, 15) is 14.3 Å². The summed E-state index contributed by atoms with van der Waals surface area (Å²) in [6.45, 7) is 0. The summed E-state index contributed by atoms with van der Waals surface area (Å²) in [5.41, 5.74) is -0.860. The first-order valence-corrected chi connectivity index (χ1v) is 6.69. The van der Waals surface area contributed by atoms with Crippen LogP contribution in [0.2, 0.25) is 0 Å². The number of nitrogens with zero attached hydrogens (tertiary/aromatic N) is 1. The molecule has 0 atom stereocenters. The Balaban J connectivity index is 2.75. The predicted octanol–water partition coefficient (Wildman–Crippen LogP) is 3.41. The molecule has 0 heterocycles. The van der Waals surface area contributed by atoms with Crippen LogP contribution in [0.3, 0.4) is 0 Å². The van der Waals surface area contributed by atoms with Gasteiger partial charge in [0.05, 0.1) is 17.1 Å². The fourth-order valence-electron chi connectivity index (χ4n) is 2.68. The van der Waals surface area contributed by atoms with Crippen LogP contribution in [0.5, 0.6) is 11.5 Å². The standard InChI is InChI=1S/C13H13BrFNO3/c1-19-12-9(18)6-8(14)11(15)10(12)13(16-7-17)4-2-3-5-13/h6,18H,2-5H2,1H3. The van der Waals surface area contributed by atoms with Crippen LogP contribution in [0.1, 0.15) is 31.2 Å². The summed E-state index contributed by atoms with van der Waals surface area (Å²) < 4.78 is 19.6. The van der Waals surface area contributed by atoms with E-state index in [0.717, 1.165) is 12.8 Å². The van der Waals surface area contributed by atoms with Crippen LogP contribution in [0, 0.1) is 5.82 Å². The summed E-state index contributed by atoms with van der Waals surface area (Å²) in [7, 11) is 1.35. The molecule has 0 spiro atoms. The molecule has 1 aromatic rings. The smallest absolute Gasteiger partial charge is 0.235 e. The normalized spacial score (nSPS) is 17.0. The van der Waals surface area contributed by atoms with Crippen molar-refractivity contribution in [3.63, 3.8) is 0 Å². The van der Waals surface area contributed by atoms with E-state index in [2.05, 4.69) is 20.9 Å². The number of halogens is 2. The average Bonchev–Trinajstić information content (AvgIpc) is 2.83. The third-order valence-electron chi connectivity index (χ3n) is 3.51. The number of hydrogen-bond acceptors (Lipinski definition) is 4. The van der Waals surface area contributed by atoms with Crippen molar-refractivity contribution in [1.82, 2.24) is 0 Å². The van der Waals surface area contributed by atoms with E-state index in [0.29, 0.717) is 12.8 Å². The Hall–Kier alpha value is -1.39. The molecule has 1 aromatic carbocycles. The Labute approximate surface area is 118 Å². The predicted molar refractivity (Wildman–Crippen MR) is 70.6 cm³/mol. The lowest BCUT2D eigenvalue weighted by Gasteiger charge is -2.26. The summed E-state index contributed by atoms with van der Waals surface area (Å²) in [5, 5.41) is 9.88. The van der Waals surface area contributed by atoms with Crippen LogP contribution >= 0.6 is 15.9 Å². The van der Waals surface area contributed by atoms with Gasteiger partial charge in [-0.05, 0) is 28.8 Å². The molecular weight excluding hydrogens is 317 g/mol. The third-order valence-corrected chi connectivity index (χ3v) is 4.09. The molecule has 2 rings (SSSR count). The number of methoxy groups -OCH3 is 1. The summed E-state index contributed by atoms with van der Waals surface area (Å²) in [6, 6.07) is 1.23. The second-order valence-electron chi connectivity index (χ2n) is 4.54. The van der Waals surface area contributed by atoms with E-state index in [4.69, 9.17) is 4.74 Å². The maximum Gasteiger partial charge on any atom is 0.235 e. The molecule has 6 heteroatoms. The lowest BCUT2D eigenvalue weighted by Crippen LogP contribution is -2.22. The van der Waals surface area contributed by atoms with Crippen LogP contribution in [0.15, 0.2) is 15.5 Å². The molecule has 0 unspecified atom stereocenters. The van der Waals surface area contributed by atoms with Crippen molar-refractivity contribution in [2.75, 3.05) is 7.11 Å². The number of phenols is 1. The molecule has 0 amide bonds. The average molecular weight is 330 g/mol. The highest BCUT2D eigenvalue weighted by atomic mass is 79.9. The van der Waals surface area contributed by atoms with Gasteiger partial charge in [0.1, 0.15) is 11.4 Å². The summed E-state index contributed by atoms with van der Waals surface area (Å²) in [5.74, 6) is -0.713. The molecule has 1 aliphatic carbocycles. The number of rotatable bonds is 3. The van der Waals surface area contributed by atoms with Gasteiger partial charge in [-0.1, -0.05) is 12.8 Å². The minimum atomic E-state index is -0.988. The number of isocyanates is 1. The summed E-state index contributed by atoms with van der Waals surface area (Å²) in [4.78, 5) is 14.5. The van der Waals surface area contributed by atoms with Crippen molar-refractivity contribution in [3.8, 4) is 11.5 Å². The van der Waals surface area contributed by atoms with Gasteiger partial charge in [-0.25, -0.2) is 9.18 Å². The zero-order chi connectivity index (χ0) is 14.0. The lowest BCUT2D eigenvalue weighted by molar-refractivity contribution is 0.338. The summed E-state index contributed by atoms with van der Waals surface area (Å²) >= 11 is 3.05. The molecule has 1 fully saturated rings. The Morgan fingerprint density at radius 2 is 2.16 bits per heavy atom. The maximum atomic E-state index is 14.4. The van der Waals surface area contributed by atoms with E-state index in [1.54, 1.807) is 0 Å². The molecule has 4 nitrogen and oxygen atoms in total. The van der Waals surface area contributed by atoms with Crippen LogP contribution in [-0.2, 0) is 10.3 Å². The van der Waals surface area contributed by atoms with Gasteiger partial charge in [-0.3, -0.25) is 0 Å². The molecule has 0 radical (unpaired) electrons. The second kappa shape index (κ2) is 5.31. The van der Waals surface area contributed by atoms with Crippen LogP contribution in [0.4, 0.5) is 4.39 Å². The van der Waals surface area contributed by atoms with Crippen LogP contribution < -0.4 is 4.74 Å². The van der Waals surface area contributed by atoms with Gasteiger partial charge in [0, 0.05) is 6.07 Å². The first-order chi connectivity index (χ1) is 9.05. The molecule has 0 aliphatic heterocycles. The Kier molecular flexibility index (Phi) is 3.92. The van der Waals surface area contributed by atoms with Crippen molar-refractivity contribution in [1.29, 1.82) is 0 Å². The lowest BCUT2D eigenvalue weighted by atomic mass is 9.87. The number of carbonyl (C=O) groups excluding carboxylic acids is 1. The van der Waals surface area contributed by atoms with E-state index in [-0.39, 0.29) is 21.5 Å². The Morgan fingerprint density at radius 1 is 1.53 bits per heavy atom. The fraction of sp³-hybridized carbons (Fsp3) is 0.462. The number of hydrogen-bond donors (Lipinski definition) is 1. The topological polar surface area (TPSA) is 58.9 Å². The van der Waals surface area contributed by atoms with E-state index < -0.39 is 11.4 Å². The zero-order valence-corrected chi connectivity index (χ0v) is 12.0. The Bertz CT molecular complexity index is 549. The zero-order valence-electron chi connectivity index (χ0n) is 10.4. The molecule has 1 N–H and O–H groups in total. The van der Waals surface area contributed by atoms with Crippen LogP contribution in [-0.4, -0.2) is 18.3 Å². The molecule has 0 aromatic heterocycles. The van der Waals surface area contributed by atoms with Crippen molar-refractivity contribution >= 4 is 22.0 Å². The first kappa shape index (κ1) is 14.0. The van der Waals surface area contributed by atoms with Gasteiger partial charge in [-0.2, -0.15) is 4.99 Å². The molecular formula is C13H13BrFNO3. The van der Waals surface area contributed by atoms with Gasteiger partial charge in [0.15, 0.2) is 11.5 Å². The van der Waals surface area contributed by atoms with Crippen LogP contribution in [0.25, 0.3) is 0 Å². The highest BCUT2D eigenvalue weighted by Gasteiger charge is 2.42. The largest absolute Gasteiger partial charge is 0.504 e. The minimum Gasteiger partial charge on any atom is -0.504 e. The van der Waals surface area contributed by atoms with Crippen molar-refractivity contribution in [2.45, 2.75) is 31.2 Å². The van der Waals surface area contributed by atoms with Gasteiger partial charge in [0.25, 0.3) is 0 Å². The van der Waals surface area contributed by atoms with E-state index >= 15 is 0 Å². The molecule has 0 saturated heterocycles. The fourth-order valence-corrected chi connectivity index (χ4v) is 3.10. The third kappa shape index (κ3) is 2.26. The van der Waals surface area contributed by atoms with Crippen molar-refractivity contribution in [2.24, 2.45) is 4.99 Å². The monoisotopic (exact) mass is 329 g/mol. The Morgan fingerprint density at radius 3 is 2.68 bits per heavy atom. The number of aliphatic imine (C=N–C) groups is 1. The highest BCUT2D eigenvalue weighted by Crippen LogP contribution is 2.50. The minimum absolute atomic E-state index is 0.0293. The van der Waals surface area contributed by atoms with Crippen molar-refractivity contribution < 1.29 is 19.0 Å². The molecule has 1 aliphatic rings. The quantitative estimate of drug-likeness (QED) is 0.682. The molecule has 19 heavy (non-hydrogen) atoms. The van der Waals surface area contributed by atoms with Crippen molar-refractivity contribution in [3.05, 3.63) is 21.9 Å². The number of benzene rings is 1. The molecule has 1 saturated carbocycles. The molecule has 102 valence electrons. The van der Waals surface area contributed by atoms with Gasteiger partial charge in [-0.15, -0.1) is 0 Å². The molecule has 0 bridgehead atoms. The number of ether oxygens (including phenoxy) is 1. The SMILES string of the molecule is COc1c(O)cc(Br)c(F)c1C1(N=C=O)CCCC1. The first-order valence-electron chi connectivity index (χ1n) is 5.90. The van der Waals surface area contributed by atoms with E-state index in [1.165, 1.54) is 19.3 Å². The summed E-state index contributed by atoms with van der Waals surface area (Å²) in [6.07, 6.45) is 4.26. The van der Waals surface area contributed by atoms with Gasteiger partial charge in [0.2, 0.25) is 6.08 Å². The van der Waals surface area contributed by atoms with E-state index in [1.807, 2.05) is 0 Å². The highest BCUT2D eigenvalue weighted by molar-refractivity contribution is 9.10. The van der Waals surface area contributed by atoms with Gasteiger partial charge >= 0.3 is 0 Å². The second-order valence-corrected chi connectivity index (χ2v) is 5.40. The number of phenolic OH excluding ortho intramolecular Hbond substituents is 1. The number of aromatic hydroxyl groups is 1. The maximum absolute atomic E-state index is 14.4. The van der Waals surface area contributed by atoms with Gasteiger partial charge < -0.3 is 9.84 Å².